The SMILES string of the molecule is [C-]#[N+]N[C@@H](C)C(=O)N[C@H](C)C(=O)OC. The van der Waals surface area contributed by atoms with Crippen molar-refractivity contribution in [3.05, 3.63) is 11.5 Å². The molecule has 6 heteroatoms. The number of methoxy groups -OCH3 is 1. The van der Waals surface area contributed by atoms with Crippen LogP contribution in [0.5, 0.6) is 0 Å². The summed E-state index contributed by atoms with van der Waals surface area (Å²) in [7, 11) is 1.24. The zero-order valence-electron chi connectivity index (χ0n) is 8.33. The highest BCUT2D eigenvalue weighted by atomic mass is 16.5. The first-order valence-electron chi connectivity index (χ1n) is 4.03. The van der Waals surface area contributed by atoms with Crippen molar-refractivity contribution in [2.24, 2.45) is 0 Å². The molecule has 14 heavy (non-hydrogen) atoms. The number of hydrogen-bond donors (Lipinski definition) is 2. The van der Waals surface area contributed by atoms with Crippen LogP contribution in [0.25, 0.3) is 4.95 Å². The summed E-state index contributed by atoms with van der Waals surface area (Å²) in [4.78, 5) is 25.0. The van der Waals surface area contributed by atoms with Gasteiger partial charge in [0.05, 0.1) is 7.11 Å². The van der Waals surface area contributed by atoms with Gasteiger partial charge in [0, 0.05) is 0 Å². The molecular weight excluding hydrogens is 186 g/mol. The molecule has 0 bridgehead atoms. The van der Waals surface area contributed by atoms with E-state index in [4.69, 9.17) is 6.57 Å². The summed E-state index contributed by atoms with van der Waals surface area (Å²) in [5, 5.41) is 2.40. The molecule has 0 spiro atoms. The summed E-state index contributed by atoms with van der Waals surface area (Å²) in [5.74, 6) is -0.938. The fourth-order valence-corrected chi connectivity index (χ4v) is 0.730. The van der Waals surface area contributed by atoms with Gasteiger partial charge in [-0.15, -0.1) is 5.43 Å². The van der Waals surface area contributed by atoms with Crippen molar-refractivity contribution in [3.8, 4) is 0 Å². The molecule has 0 aromatic carbocycles. The third-order valence-corrected chi connectivity index (χ3v) is 1.56. The van der Waals surface area contributed by atoms with Crippen LogP contribution in [0, 0.1) is 6.57 Å². The molecule has 0 fully saturated rings. The van der Waals surface area contributed by atoms with E-state index in [1.807, 2.05) is 0 Å². The number of nitrogens with zero attached hydrogens (tertiary/aromatic N) is 1. The van der Waals surface area contributed by atoms with Crippen molar-refractivity contribution in [1.29, 1.82) is 0 Å². The summed E-state index contributed by atoms with van der Waals surface area (Å²) in [5.41, 5.74) is 2.24. The lowest BCUT2D eigenvalue weighted by atomic mass is 10.3. The van der Waals surface area contributed by atoms with Gasteiger partial charge in [-0.1, -0.05) is 0 Å². The molecule has 0 aromatic heterocycles. The molecule has 0 saturated heterocycles. The predicted octanol–water partition coefficient (Wildman–Crippen LogP) is -0.524. The molecule has 0 aliphatic carbocycles. The molecule has 0 heterocycles. The lowest BCUT2D eigenvalue weighted by molar-refractivity contribution is -0.144. The Morgan fingerprint density at radius 2 is 1.93 bits per heavy atom. The minimum Gasteiger partial charge on any atom is -0.467 e. The van der Waals surface area contributed by atoms with Crippen LogP contribution in [0.15, 0.2) is 0 Å². The molecule has 78 valence electrons. The average molecular weight is 199 g/mol. The van der Waals surface area contributed by atoms with Crippen molar-refractivity contribution in [2.75, 3.05) is 7.11 Å². The fourth-order valence-electron chi connectivity index (χ4n) is 0.730. The Bertz CT molecular complexity index is 259. The maximum absolute atomic E-state index is 11.2. The molecule has 6 nitrogen and oxygen atoms in total. The maximum atomic E-state index is 11.2. The Balaban J connectivity index is 4.06. The highest BCUT2D eigenvalue weighted by Crippen LogP contribution is 1.89. The normalized spacial score (nSPS) is 13.3. The average Bonchev–Trinajstić information content (AvgIpc) is 2.16. The molecule has 2 atom stereocenters. The minimum atomic E-state index is -0.706. The Kier molecular flexibility index (Phi) is 5.07. The van der Waals surface area contributed by atoms with Gasteiger partial charge in [-0.25, -0.2) is 4.79 Å². The van der Waals surface area contributed by atoms with Crippen molar-refractivity contribution in [3.63, 3.8) is 0 Å². The van der Waals surface area contributed by atoms with Gasteiger partial charge in [-0.05, 0) is 13.8 Å². The molecule has 0 rings (SSSR count). The van der Waals surface area contributed by atoms with E-state index in [2.05, 4.69) is 20.4 Å². The number of hydrogen-bond acceptors (Lipinski definition) is 4. The van der Waals surface area contributed by atoms with E-state index < -0.39 is 24.0 Å². The summed E-state index contributed by atoms with van der Waals surface area (Å²) >= 11 is 0. The number of carbonyl (C=O) groups excluding carboxylic acids is 2. The second-order valence-corrected chi connectivity index (χ2v) is 2.72. The molecule has 0 aliphatic rings. The first-order valence-corrected chi connectivity index (χ1v) is 4.03. The van der Waals surface area contributed by atoms with Crippen LogP contribution in [0.2, 0.25) is 0 Å². The standard InChI is InChI=1S/C8H13N3O3/c1-5(11-9-3)7(12)10-6(2)8(13)14-4/h5-6,11H,1-2,4H3,(H,10,12)/t5-,6+/m0/s1. The number of esters is 1. The van der Waals surface area contributed by atoms with Gasteiger partial charge < -0.3 is 10.1 Å². The van der Waals surface area contributed by atoms with Crippen LogP contribution in [-0.4, -0.2) is 31.1 Å². The summed E-state index contributed by atoms with van der Waals surface area (Å²) in [6.07, 6.45) is 0. The first-order chi connectivity index (χ1) is 6.52. The fraction of sp³-hybridized carbons (Fsp3) is 0.625. The van der Waals surface area contributed by atoms with E-state index in [1.165, 1.54) is 21.0 Å². The van der Waals surface area contributed by atoms with E-state index in [9.17, 15) is 9.59 Å². The van der Waals surface area contributed by atoms with Crippen LogP contribution in [-0.2, 0) is 14.3 Å². The first kappa shape index (κ1) is 12.2. The largest absolute Gasteiger partial charge is 0.467 e. The number of ether oxygens (including phenoxy) is 1. The number of carbonyl (C=O) groups is 2. The monoisotopic (exact) mass is 199 g/mol. The quantitative estimate of drug-likeness (QED) is 0.363. The van der Waals surface area contributed by atoms with Gasteiger partial charge in [-0.3, -0.25) is 4.79 Å². The summed E-state index contributed by atoms with van der Waals surface area (Å²) < 4.78 is 4.42. The molecule has 0 aliphatic heterocycles. The highest BCUT2D eigenvalue weighted by Gasteiger charge is 2.20. The Morgan fingerprint density at radius 1 is 1.36 bits per heavy atom. The van der Waals surface area contributed by atoms with Gasteiger partial charge in [0.1, 0.15) is 6.04 Å². The van der Waals surface area contributed by atoms with Gasteiger partial charge in [0.15, 0.2) is 6.04 Å². The zero-order chi connectivity index (χ0) is 11.1. The molecule has 0 radical (unpaired) electrons. The maximum Gasteiger partial charge on any atom is 0.328 e. The van der Waals surface area contributed by atoms with Crippen LogP contribution in [0.4, 0.5) is 0 Å². The molecule has 0 aromatic rings. The van der Waals surface area contributed by atoms with Crippen molar-refractivity contribution in [1.82, 2.24) is 10.7 Å². The van der Waals surface area contributed by atoms with Gasteiger partial charge in [0.2, 0.25) is 5.91 Å². The van der Waals surface area contributed by atoms with Gasteiger partial charge in [0.25, 0.3) is 0 Å². The minimum absolute atomic E-state index is 0.418. The van der Waals surface area contributed by atoms with E-state index in [0.717, 1.165) is 0 Å². The zero-order valence-corrected chi connectivity index (χ0v) is 8.33. The lowest BCUT2D eigenvalue weighted by Crippen LogP contribution is -2.46. The third-order valence-electron chi connectivity index (χ3n) is 1.56. The second kappa shape index (κ2) is 5.80. The molecule has 2 N–H and O–H groups in total. The molecular formula is C8H13N3O3. The summed E-state index contributed by atoms with van der Waals surface area (Å²) in [6.45, 7) is 9.51. The Hall–Kier alpha value is -1.77. The van der Waals surface area contributed by atoms with Crippen LogP contribution in [0.3, 0.4) is 0 Å². The van der Waals surface area contributed by atoms with Crippen LogP contribution < -0.4 is 10.7 Å². The lowest BCUT2D eigenvalue weighted by Gasteiger charge is -2.12. The van der Waals surface area contributed by atoms with Gasteiger partial charge >= 0.3 is 5.97 Å². The second-order valence-electron chi connectivity index (χ2n) is 2.72. The van der Waals surface area contributed by atoms with Crippen molar-refractivity contribution < 1.29 is 14.3 Å². The topological polar surface area (TPSA) is 71.8 Å². The van der Waals surface area contributed by atoms with Crippen LogP contribution in [0.1, 0.15) is 13.8 Å². The molecule has 1 amide bonds. The van der Waals surface area contributed by atoms with E-state index >= 15 is 0 Å². The van der Waals surface area contributed by atoms with Crippen molar-refractivity contribution >= 4 is 11.9 Å². The summed E-state index contributed by atoms with van der Waals surface area (Å²) in [6, 6.07) is -1.36. The number of amides is 1. The van der Waals surface area contributed by atoms with Crippen LogP contribution >= 0.6 is 0 Å². The number of nitrogens with one attached hydrogen (secondary N) is 2. The predicted molar refractivity (Wildman–Crippen MR) is 48.8 cm³/mol. The van der Waals surface area contributed by atoms with E-state index in [1.54, 1.807) is 0 Å². The van der Waals surface area contributed by atoms with E-state index in [0.29, 0.717) is 0 Å². The highest BCUT2D eigenvalue weighted by molar-refractivity contribution is 5.87. The van der Waals surface area contributed by atoms with Crippen molar-refractivity contribution in [2.45, 2.75) is 25.9 Å². The number of rotatable bonds is 4. The smallest absolute Gasteiger partial charge is 0.328 e. The van der Waals surface area contributed by atoms with E-state index in [-0.39, 0.29) is 0 Å². The molecule has 0 saturated carbocycles. The Morgan fingerprint density at radius 3 is 2.36 bits per heavy atom. The third kappa shape index (κ3) is 3.76. The Labute approximate surface area is 82.4 Å². The molecule has 0 unspecified atom stereocenters. The van der Waals surface area contributed by atoms with Gasteiger partial charge in [-0.2, -0.15) is 11.5 Å².